The minimum Gasteiger partial charge on any atom is -0.315 e. The molecule has 0 saturated heterocycles. The molecule has 0 atom stereocenters. The highest BCUT2D eigenvalue weighted by Crippen LogP contribution is 2.41. The van der Waals surface area contributed by atoms with Crippen LogP contribution in [-0.4, -0.2) is 28.7 Å². The molecule has 0 aliphatic heterocycles. The van der Waals surface area contributed by atoms with Crippen molar-refractivity contribution < 1.29 is 4.48 Å². The Morgan fingerprint density at radius 3 is 1.15 bits per heavy atom. The first-order chi connectivity index (χ1) is 5.94. The molecule has 0 radical (unpaired) electrons. The van der Waals surface area contributed by atoms with Crippen molar-refractivity contribution in [3.8, 4) is 0 Å². The van der Waals surface area contributed by atoms with E-state index in [-0.39, 0.29) is 0 Å². The first kappa shape index (κ1) is 11.0. The molecule has 0 unspecified atom stereocenters. The molecule has 0 spiro atoms. The van der Waals surface area contributed by atoms with Gasteiger partial charge in [-0.25, -0.2) is 0 Å². The van der Waals surface area contributed by atoms with Gasteiger partial charge in [0.05, 0.1) is 24.2 Å². The second kappa shape index (κ2) is 3.61. The maximum atomic E-state index is 2.39. The van der Waals surface area contributed by atoms with Gasteiger partial charge in [0.15, 0.2) is 0 Å². The molecule has 0 bridgehead atoms. The summed E-state index contributed by atoms with van der Waals surface area (Å²) in [6.45, 7) is 14.3. The Balaban J connectivity index is 2.92. The van der Waals surface area contributed by atoms with Gasteiger partial charge in [0, 0.05) is 12.8 Å². The molecule has 0 aromatic rings. The van der Waals surface area contributed by atoms with Crippen molar-refractivity contribution in [2.24, 2.45) is 0 Å². The van der Waals surface area contributed by atoms with Gasteiger partial charge in [-0.1, -0.05) is 0 Å². The van der Waals surface area contributed by atoms with Crippen molar-refractivity contribution in [2.75, 3.05) is 0 Å². The topological polar surface area (TPSA) is 0 Å². The maximum Gasteiger partial charge on any atom is 0.0900 e. The number of hydrogen-bond acceptors (Lipinski definition) is 0. The lowest BCUT2D eigenvalue weighted by Crippen LogP contribution is -2.63. The van der Waals surface area contributed by atoms with E-state index in [0.29, 0.717) is 0 Å². The number of rotatable bonds is 4. The fourth-order valence-electron chi connectivity index (χ4n) is 3.58. The standard InChI is InChI=1S/C12H26N/c1-9(2)13(10(3)4,11(5)6)12-7-8-12/h9-12H,7-8H2,1-6H3/q+1. The smallest absolute Gasteiger partial charge is 0.0900 e. The van der Waals surface area contributed by atoms with Crippen molar-refractivity contribution >= 4 is 0 Å². The summed E-state index contributed by atoms with van der Waals surface area (Å²) >= 11 is 0. The van der Waals surface area contributed by atoms with Crippen LogP contribution in [0.4, 0.5) is 0 Å². The minimum atomic E-state index is 0.771. The van der Waals surface area contributed by atoms with E-state index in [0.717, 1.165) is 24.2 Å². The average molecular weight is 184 g/mol. The van der Waals surface area contributed by atoms with E-state index in [2.05, 4.69) is 41.5 Å². The Hall–Kier alpha value is -0.0400. The fourth-order valence-corrected chi connectivity index (χ4v) is 3.58. The van der Waals surface area contributed by atoms with Crippen LogP contribution in [-0.2, 0) is 0 Å². The second-order valence-corrected chi connectivity index (χ2v) is 5.41. The summed E-state index contributed by atoms with van der Waals surface area (Å²) in [5, 5.41) is 0. The SMILES string of the molecule is CC(C)[N+](C(C)C)(C(C)C)C1CC1. The molecule has 1 heteroatoms. The second-order valence-electron chi connectivity index (χ2n) is 5.41. The summed E-state index contributed by atoms with van der Waals surface area (Å²) < 4.78 is 1.33. The van der Waals surface area contributed by atoms with Gasteiger partial charge < -0.3 is 4.48 Å². The van der Waals surface area contributed by atoms with E-state index in [1.807, 2.05) is 0 Å². The molecule has 1 fully saturated rings. The molecule has 0 heterocycles. The lowest BCUT2D eigenvalue weighted by atomic mass is 10.1. The van der Waals surface area contributed by atoms with Crippen LogP contribution in [0.2, 0.25) is 0 Å². The Morgan fingerprint density at radius 1 is 0.769 bits per heavy atom. The third-order valence-corrected chi connectivity index (χ3v) is 3.86. The third kappa shape index (κ3) is 1.63. The van der Waals surface area contributed by atoms with Gasteiger partial charge in [-0.2, -0.15) is 0 Å². The monoisotopic (exact) mass is 184 g/mol. The average Bonchev–Trinajstić information content (AvgIpc) is 2.69. The normalized spacial score (nSPS) is 19.2. The van der Waals surface area contributed by atoms with E-state index in [1.165, 1.54) is 17.3 Å². The molecule has 78 valence electrons. The highest BCUT2D eigenvalue weighted by molar-refractivity contribution is 4.79. The van der Waals surface area contributed by atoms with E-state index >= 15 is 0 Å². The molecule has 1 rings (SSSR count). The quantitative estimate of drug-likeness (QED) is 0.589. The Bertz CT molecular complexity index is 138. The lowest BCUT2D eigenvalue weighted by Gasteiger charge is -2.50. The third-order valence-electron chi connectivity index (χ3n) is 3.86. The molecule has 0 aromatic carbocycles. The maximum absolute atomic E-state index is 2.39. The minimum absolute atomic E-state index is 0.771. The first-order valence-corrected chi connectivity index (χ1v) is 5.81. The summed E-state index contributed by atoms with van der Waals surface area (Å²) in [7, 11) is 0. The van der Waals surface area contributed by atoms with Crippen molar-refractivity contribution in [2.45, 2.75) is 78.6 Å². The Kier molecular flexibility index (Phi) is 3.06. The van der Waals surface area contributed by atoms with Crippen molar-refractivity contribution in [3.05, 3.63) is 0 Å². The molecule has 0 amide bonds. The van der Waals surface area contributed by atoms with Gasteiger partial charge in [0.25, 0.3) is 0 Å². The molecular weight excluding hydrogens is 158 g/mol. The van der Waals surface area contributed by atoms with E-state index in [4.69, 9.17) is 0 Å². The highest BCUT2D eigenvalue weighted by Gasteiger charge is 2.50. The Morgan fingerprint density at radius 2 is 1.08 bits per heavy atom. The lowest BCUT2D eigenvalue weighted by molar-refractivity contribution is -0.994. The molecule has 1 aliphatic carbocycles. The van der Waals surface area contributed by atoms with Crippen LogP contribution in [0.5, 0.6) is 0 Å². The predicted molar refractivity (Wildman–Crippen MR) is 58.7 cm³/mol. The molecule has 1 nitrogen and oxygen atoms in total. The zero-order valence-electron chi connectivity index (χ0n) is 10.2. The van der Waals surface area contributed by atoms with E-state index in [9.17, 15) is 0 Å². The van der Waals surface area contributed by atoms with Crippen LogP contribution in [0.3, 0.4) is 0 Å². The van der Waals surface area contributed by atoms with Crippen LogP contribution >= 0.6 is 0 Å². The van der Waals surface area contributed by atoms with E-state index in [1.54, 1.807) is 0 Å². The first-order valence-electron chi connectivity index (χ1n) is 5.81. The number of hydrogen-bond donors (Lipinski definition) is 0. The molecule has 1 saturated carbocycles. The summed E-state index contributed by atoms with van der Waals surface area (Å²) in [5.41, 5.74) is 0. The van der Waals surface area contributed by atoms with Crippen molar-refractivity contribution in [1.29, 1.82) is 0 Å². The van der Waals surface area contributed by atoms with Gasteiger partial charge >= 0.3 is 0 Å². The molecule has 0 aromatic heterocycles. The summed E-state index contributed by atoms with van der Waals surface area (Å²) in [4.78, 5) is 0. The molecular formula is C12H26N+. The highest BCUT2D eigenvalue weighted by atomic mass is 15.4. The predicted octanol–water partition coefficient (Wildman–Crippen LogP) is 3.19. The number of quaternary nitrogens is 1. The summed E-state index contributed by atoms with van der Waals surface area (Å²) in [5.74, 6) is 0. The van der Waals surface area contributed by atoms with Crippen LogP contribution in [0.25, 0.3) is 0 Å². The molecule has 1 aliphatic rings. The zero-order chi connectivity index (χ0) is 10.2. The largest absolute Gasteiger partial charge is 0.315 e. The van der Waals surface area contributed by atoms with Crippen LogP contribution in [0.1, 0.15) is 54.4 Å². The van der Waals surface area contributed by atoms with E-state index < -0.39 is 0 Å². The summed E-state index contributed by atoms with van der Waals surface area (Å²) in [6.07, 6.45) is 2.91. The van der Waals surface area contributed by atoms with Crippen molar-refractivity contribution in [3.63, 3.8) is 0 Å². The fraction of sp³-hybridized carbons (Fsp3) is 1.00. The van der Waals surface area contributed by atoms with Crippen LogP contribution < -0.4 is 0 Å². The van der Waals surface area contributed by atoms with Gasteiger partial charge in [0.2, 0.25) is 0 Å². The zero-order valence-corrected chi connectivity index (χ0v) is 10.2. The van der Waals surface area contributed by atoms with Crippen molar-refractivity contribution in [1.82, 2.24) is 0 Å². The van der Waals surface area contributed by atoms with Crippen LogP contribution in [0, 0.1) is 0 Å². The summed E-state index contributed by atoms with van der Waals surface area (Å²) in [6, 6.07) is 3.27. The molecule has 0 N–H and O–H groups in total. The van der Waals surface area contributed by atoms with Gasteiger partial charge in [-0.3, -0.25) is 0 Å². The van der Waals surface area contributed by atoms with Gasteiger partial charge in [0.1, 0.15) is 0 Å². The van der Waals surface area contributed by atoms with Gasteiger partial charge in [-0.05, 0) is 41.5 Å². The van der Waals surface area contributed by atoms with Crippen LogP contribution in [0.15, 0.2) is 0 Å². The molecule has 13 heavy (non-hydrogen) atoms. The number of nitrogens with zero attached hydrogens (tertiary/aromatic N) is 1. The Labute approximate surface area is 83.7 Å². The van der Waals surface area contributed by atoms with Gasteiger partial charge in [-0.15, -0.1) is 0 Å².